The molecule has 0 radical (unpaired) electrons. The predicted molar refractivity (Wildman–Crippen MR) is 106 cm³/mol. The predicted octanol–water partition coefficient (Wildman–Crippen LogP) is 2.09. The molecule has 8 nitrogen and oxygen atoms in total. The molecule has 148 valence electrons. The standard InChI is InChI=1S/C21H19N3O5/c1-14-19(20(27)24(23(14)2)17-6-4-3-5-7-17)22-18(26)13-29-21(28)16-10-8-15(12-25)9-11-16/h3-12H,13H2,1-2H3,(H,22,26). The summed E-state index contributed by atoms with van der Waals surface area (Å²) >= 11 is 0. The van der Waals surface area contributed by atoms with Crippen LogP contribution < -0.4 is 10.9 Å². The first-order chi connectivity index (χ1) is 13.9. The fourth-order valence-electron chi connectivity index (χ4n) is 2.80. The average molecular weight is 393 g/mol. The maximum absolute atomic E-state index is 12.8. The van der Waals surface area contributed by atoms with Crippen LogP contribution in [0.1, 0.15) is 26.4 Å². The lowest BCUT2D eigenvalue weighted by Crippen LogP contribution is -2.25. The minimum Gasteiger partial charge on any atom is -0.452 e. The molecular formula is C21H19N3O5. The van der Waals surface area contributed by atoms with E-state index in [9.17, 15) is 19.2 Å². The Morgan fingerprint density at radius 3 is 2.34 bits per heavy atom. The van der Waals surface area contributed by atoms with E-state index in [2.05, 4.69) is 5.32 Å². The topological polar surface area (TPSA) is 99.4 Å². The van der Waals surface area contributed by atoms with Crippen LogP contribution >= 0.6 is 0 Å². The lowest BCUT2D eigenvalue weighted by atomic mass is 10.1. The Balaban J connectivity index is 1.70. The Morgan fingerprint density at radius 2 is 1.72 bits per heavy atom. The number of carbonyl (C=O) groups is 3. The van der Waals surface area contributed by atoms with Gasteiger partial charge in [0.15, 0.2) is 6.61 Å². The third-order valence-corrected chi connectivity index (χ3v) is 4.44. The van der Waals surface area contributed by atoms with E-state index in [4.69, 9.17) is 4.74 Å². The quantitative estimate of drug-likeness (QED) is 0.511. The van der Waals surface area contributed by atoms with Gasteiger partial charge in [-0.3, -0.25) is 19.1 Å². The largest absolute Gasteiger partial charge is 0.452 e. The number of para-hydroxylation sites is 1. The summed E-state index contributed by atoms with van der Waals surface area (Å²) in [7, 11) is 1.71. The van der Waals surface area contributed by atoms with E-state index in [0.717, 1.165) is 0 Å². The van der Waals surface area contributed by atoms with Crippen molar-refractivity contribution in [2.24, 2.45) is 7.05 Å². The first kappa shape index (κ1) is 19.8. The van der Waals surface area contributed by atoms with E-state index in [-0.39, 0.29) is 16.8 Å². The first-order valence-corrected chi connectivity index (χ1v) is 8.78. The Bertz CT molecular complexity index is 1110. The maximum Gasteiger partial charge on any atom is 0.338 e. The van der Waals surface area contributed by atoms with Crippen molar-refractivity contribution in [2.45, 2.75) is 6.92 Å². The molecule has 0 aliphatic heterocycles. The van der Waals surface area contributed by atoms with Crippen molar-refractivity contribution in [3.63, 3.8) is 0 Å². The normalized spacial score (nSPS) is 10.4. The van der Waals surface area contributed by atoms with Crippen molar-refractivity contribution in [3.8, 4) is 5.69 Å². The number of anilines is 1. The van der Waals surface area contributed by atoms with Gasteiger partial charge in [-0.1, -0.05) is 30.3 Å². The van der Waals surface area contributed by atoms with Gasteiger partial charge in [-0.15, -0.1) is 0 Å². The summed E-state index contributed by atoms with van der Waals surface area (Å²) in [6, 6.07) is 14.8. The van der Waals surface area contributed by atoms with Crippen LogP contribution in [-0.4, -0.2) is 34.1 Å². The van der Waals surface area contributed by atoms with Crippen molar-refractivity contribution >= 4 is 23.9 Å². The Labute approximate surface area is 166 Å². The lowest BCUT2D eigenvalue weighted by molar-refractivity contribution is -0.119. The molecule has 0 aliphatic rings. The molecule has 1 N–H and O–H groups in total. The molecule has 0 unspecified atom stereocenters. The second-order valence-electron chi connectivity index (χ2n) is 6.30. The molecule has 0 aliphatic carbocycles. The number of hydrogen-bond donors (Lipinski definition) is 1. The summed E-state index contributed by atoms with van der Waals surface area (Å²) in [6.45, 7) is 1.16. The zero-order valence-corrected chi connectivity index (χ0v) is 15.9. The average Bonchev–Trinajstić information content (AvgIpc) is 2.95. The number of aldehydes is 1. The Morgan fingerprint density at radius 1 is 1.07 bits per heavy atom. The molecule has 0 atom stereocenters. The third-order valence-electron chi connectivity index (χ3n) is 4.44. The molecule has 8 heteroatoms. The number of aromatic nitrogens is 2. The van der Waals surface area contributed by atoms with Gasteiger partial charge in [0.2, 0.25) is 0 Å². The zero-order valence-electron chi connectivity index (χ0n) is 15.9. The Hall–Kier alpha value is -3.94. The molecule has 0 saturated carbocycles. The van der Waals surface area contributed by atoms with Crippen LogP contribution in [-0.2, 0) is 16.6 Å². The van der Waals surface area contributed by atoms with Crippen molar-refractivity contribution in [3.05, 3.63) is 81.8 Å². The summed E-state index contributed by atoms with van der Waals surface area (Å²) < 4.78 is 8.05. The zero-order chi connectivity index (χ0) is 21.0. The van der Waals surface area contributed by atoms with E-state index >= 15 is 0 Å². The van der Waals surface area contributed by atoms with Gasteiger partial charge < -0.3 is 10.1 Å². The van der Waals surface area contributed by atoms with Crippen molar-refractivity contribution in [2.75, 3.05) is 11.9 Å². The number of benzene rings is 2. The SMILES string of the molecule is Cc1c(NC(=O)COC(=O)c2ccc(C=O)cc2)c(=O)n(-c2ccccc2)n1C. The second-order valence-corrected chi connectivity index (χ2v) is 6.30. The molecule has 0 bridgehead atoms. The monoisotopic (exact) mass is 393 g/mol. The van der Waals surface area contributed by atoms with Gasteiger partial charge in [-0.25, -0.2) is 9.48 Å². The number of hydrogen-bond acceptors (Lipinski definition) is 5. The Kier molecular flexibility index (Phi) is 5.73. The molecule has 1 amide bonds. The molecule has 1 heterocycles. The van der Waals surface area contributed by atoms with Gasteiger partial charge >= 0.3 is 5.97 Å². The number of amides is 1. The van der Waals surface area contributed by atoms with E-state index < -0.39 is 18.5 Å². The van der Waals surface area contributed by atoms with Gasteiger partial charge in [0.25, 0.3) is 11.5 Å². The summed E-state index contributed by atoms with van der Waals surface area (Å²) in [5.74, 6) is -1.34. The molecule has 3 rings (SSSR count). The van der Waals surface area contributed by atoms with Crippen LogP contribution in [0.25, 0.3) is 5.69 Å². The molecule has 29 heavy (non-hydrogen) atoms. The maximum atomic E-state index is 12.8. The number of carbonyl (C=O) groups excluding carboxylic acids is 3. The van der Waals surface area contributed by atoms with Crippen LogP contribution in [0, 0.1) is 6.92 Å². The third kappa shape index (κ3) is 4.16. The van der Waals surface area contributed by atoms with Gasteiger partial charge in [0.1, 0.15) is 12.0 Å². The highest BCUT2D eigenvalue weighted by molar-refractivity contribution is 5.96. The molecule has 0 saturated heterocycles. The summed E-state index contributed by atoms with van der Waals surface area (Å²) in [5.41, 5.74) is 1.59. The highest BCUT2D eigenvalue weighted by Gasteiger charge is 2.19. The highest BCUT2D eigenvalue weighted by atomic mass is 16.5. The van der Waals surface area contributed by atoms with Crippen molar-refractivity contribution in [1.82, 2.24) is 9.36 Å². The summed E-state index contributed by atoms with van der Waals surface area (Å²) in [6.07, 6.45) is 0.660. The van der Waals surface area contributed by atoms with Crippen LogP contribution in [0.3, 0.4) is 0 Å². The van der Waals surface area contributed by atoms with E-state index in [1.807, 2.05) is 18.2 Å². The number of ether oxygens (including phenoxy) is 1. The van der Waals surface area contributed by atoms with Gasteiger partial charge in [0, 0.05) is 12.6 Å². The number of nitrogens with zero attached hydrogens (tertiary/aromatic N) is 2. The number of nitrogens with one attached hydrogen (secondary N) is 1. The van der Waals surface area contributed by atoms with E-state index in [0.29, 0.717) is 23.2 Å². The molecular weight excluding hydrogens is 374 g/mol. The van der Waals surface area contributed by atoms with Gasteiger partial charge in [0.05, 0.1) is 16.9 Å². The minimum atomic E-state index is -0.705. The van der Waals surface area contributed by atoms with E-state index in [1.165, 1.54) is 28.9 Å². The second kappa shape index (κ2) is 8.39. The van der Waals surface area contributed by atoms with Crippen LogP contribution in [0.2, 0.25) is 0 Å². The van der Waals surface area contributed by atoms with E-state index in [1.54, 1.807) is 30.8 Å². The minimum absolute atomic E-state index is 0.118. The summed E-state index contributed by atoms with van der Waals surface area (Å²) in [4.78, 5) is 47.6. The lowest BCUT2D eigenvalue weighted by Gasteiger charge is -2.07. The fraction of sp³-hybridized carbons (Fsp3) is 0.143. The van der Waals surface area contributed by atoms with Gasteiger partial charge in [-0.2, -0.15) is 0 Å². The molecule has 3 aromatic rings. The van der Waals surface area contributed by atoms with Crippen LogP contribution in [0.5, 0.6) is 0 Å². The molecule has 0 spiro atoms. The molecule has 1 aromatic heterocycles. The molecule has 0 fully saturated rings. The fourth-order valence-corrected chi connectivity index (χ4v) is 2.80. The van der Waals surface area contributed by atoms with Crippen LogP contribution in [0.4, 0.5) is 5.69 Å². The molecule has 2 aromatic carbocycles. The number of esters is 1. The first-order valence-electron chi connectivity index (χ1n) is 8.78. The number of rotatable bonds is 6. The smallest absolute Gasteiger partial charge is 0.338 e. The van der Waals surface area contributed by atoms with Crippen molar-refractivity contribution < 1.29 is 19.1 Å². The van der Waals surface area contributed by atoms with Gasteiger partial charge in [-0.05, 0) is 31.2 Å². The summed E-state index contributed by atoms with van der Waals surface area (Å²) in [5, 5.41) is 2.52. The highest BCUT2D eigenvalue weighted by Crippen LogP contribution is 2.14. The van der Waals surface area contributed by atoms with Crippen LogP contribution in [0.15, 0.2) is 59.4 Å². The van der Waals surface area contributed by atoms with Crippen molar-refractivity contribution in [1.29, 1.82) is 0 Å².